The second kappa shape index (κ2) is 6.04. The number of carboxylic acids is 1. The van der Waals surface area contributed by atoms with Crippen LogP contribution in [0.25, 0.3) is 0 Å². The van der Waals surface area contributed by atoms with Crippen LogP contribution in [-0.2, 0) is 14.3 Å². The van der Waals surface area contributed by atoms with Gasteiger partial charge in [0.15, 0.2) is 0 Å². The van der Waals surface area contributed by atoms with E-state index in [4.69, 9.17) is 9.84 Å². The van der Waals surface area contributed by atoms with Crippen LogP contribution in [0, 0.1) is 0 Å². The summed E-state index contributed by atoms with van der Waals surface area (Å²) in [6, 6.07) is -0.660. The first-order valence-corrected chi connectivity index (χ1v) is 6.33. The van der Waals surface area contributed by atoms with E-state index in [1.807, 2.05) is 13.8 Å². The van der Waals surface area contributed by atoms with Crippen LogP contribution >= 0.6 is 0 Å². The molecule has 0 spiro atoms. The van der Waals surface area contributed by atoms with Crippen LogP contribution in [0.4, 0.5) is 4.79 Å². The van der Waals surface area contributed by atoms with Gasteiger partial charge in [-0.1, -0.05) is 0 Å². The molecule has 0 aromatic rings. The summed E-state index contributed by atoms with van der Waals surface area (Å²) in [4.78, 5) is 34.3. The molecule has 2 atom stereocenters. The molecule has 0 aromatic carbocycles. The predicted octanol–water partition coefficient (Wildman–Crippen LogP) is 0.801. The molecule has 2 unspecified atom stereocenters. The Balaban J connectivity index is 2.66. The Morgan fingerprint density at radius 3 is 2.30 bits per heavy atom. The lowest BCUT2D eigenvalue weighted by Gasteiger charge is -2.28. The minimum atomic E-state index is -1.19. The Kier molecular flexibility index (Phi) is 4.88. The van der Waals surface area contributed by atoms with E-state index in [0.29, 0.717) is 13.0 Å². The molecule has 0 radical (unpaired) electrons. The van der Waals surface area contributed by atoms with E-state index in [1.54, 1.807) is 0 Å². The van der Waals surface area contributed by atoms with Crippen molar-refractivity contribution in [2.24, 2.45) is 0 Å². The van der Waals surface area contributed by atoms with Crippen LogP contribution in [0.1, 0.15) is 34.1 Å². The first kappa shape index (κ1) is 16.2. The van der Waals surface area contributed by atoms with Crippen molar-refractivity contribution in [1.29, 1.82) is 0 Å². The summed E-state index contributed by atoms with van der Waals surface area (Å²) in [5.74, 6) is -1.92. The lowest BCUT2D eigenvalue weighted by Crippen LogP contribution is -2.55. The lowest BCUT2D eigenvalue weighted by molar-refractivity contribution is -0.133. The number of carbonyl (C=O) groups is 3. The van der Waals surface area contributed by atoms with E-state index < -0.39 is 23.4 Å². The van der Waals surface area contributed by atoms with Crippen molar-refractivity contribution in [1.82, 2.24) is 10.6 Å². The van der Waals surface area contributed by atoms with Crippen LogP contribution in [0.3, 0.4) is 0 Å². The summed E-state index contributed by atoms with van der Waals surface area (Å²) in [7, 11) is 0. The van der Waals surface area contributed by atoms with Crippen molar-refractivity contribution < 1.29 is 24.2 Å². The van der Waals surface area contributed by atoms with Gasteiger partial charge in [0.1, 0.15) is 0 Å². The maximum atomic E-state index is 11.8. The third kappa shape index (κ3) is 3.57. The Morgan fingerprint density at radius 1 is 1.25 bits per heavy atom. The third-order valence-electron chi connectivity index (χ3n) is 3.74. The van der Waals surface area contributed by atoms with Crippen LogP contribution in [-0.4, -0.2) is 41.3 Å². The van der Waals surface area contributed by atoms with Gasteiger partial charge in [0.25, 0.3) is 5.91 Å². The Morgan fingerprint density at radius 2 is 1.85 bits per heavy atom. The summed E-state index contributed by atoms with van der Waals surface area (Å²) in [6.07, 6.45) is 0.499. The monoisotopic (exact) mass is 284 g/mol. The fourth-order valence-electron chi connectivity index (χ4n) is 1.82. The maximum absolute atomic E-state index is 11.8. The van der Waals surface area contributed by atoms with Crippen molar-refractivity contribution in [2.45, 2.75) is 45.8 Å². The molecule has 0 aliphatic carbocycles. The highest BCUT2D eigenvalue weighted by molar-refractivity contribution is 6.07. The number of aliphatic carboxylic acids is 1. The smallest absolute Gasteiger partial charge is 0.331 e. The Hall–Kier alpha value is -1.89. The number of imide groups is 1. The SMILES string of the molecule is CC(C(=O)O)=C(C)C(=O)NC(=O)NC1(C)CCOC1C. The van der Waals surface area contributed by atoms with Crippen molar-refractivity contribution in [3.8, 4) is 0 Å². The minimum Gasteiger partial charge on any atom is -0.478 e. The summed E-state index contributed by atoms with van der Waals surface area (Å²) < 4.78 is 5.38. The second-order valence-electron chi connectivity index (χ2n) is 5.14. The van der Waals surface area contributed by atoms with Gasteiger partial charge in [0.05, 0.1) is 11.6 Å². The van der Waals surface area contributed by atoms with Gasteiger partial charge in [0, 0.05) is 17.8 Å². The van der Waals surface area contributed by atoms with Crippen LogP contribution in [0.15, 0.2) is 11.1 Å². The van der Waals surface area contributed by atoms with Crippen molar-refractivity contribution in [2.75, 3.05) is 6.61 Å². The summed E-state index contributed by atoms with van der Waals surface area (Å²) in [5, 5.41) is 13.6. The van der Waals surface area contributed by atoms with Gasteiger partial charge in [-0.2, -0.15) is 0 Å². The molecule has 7 heteroatoms. The summed E-state index contributed by atoms with van der Waals surface area (Å²) in [5.41, 5.74) is -0.642. The van der Waals surface area contributed by atoms with Gasteiger partial charge in [-0.25, -0.2) is 9.59 Å². The highest BCUT2D eigenvalue weighted by Crippen LogP contribution is 2.24. The highest BCUT2D eigenvalue weighted by Gasteiger charge is 2.38. The molecule has 112 valence electrons. The van der Waals surface area contributed by atoms with E-state index in [2.05, 4.69) is 10.6 Å². The van der Waals surface area contributed by atoms with Crippen LogP contribution < -0.4 is 10.6 Å². The molecule has 3 amide bonds. The van der Waals surface area contributed by atoms with Crippen LogP contribution in [0.5, 0.6) is 0 Å². The minimum absolute atomic E-state index is 0.00600. The predicted molar refractivity (Wildman–Crippen MR) is 71.1 cm³/mol. The molecule has 1 aliphatic heterocycles. The first-order chi connectivity index (χ1) is 9.17. The molecule has 1 heterocycles. The molecule has 0 saturated carbocycles. The number of amides is 3. The van der Waals surface area contributed by atoms with Crippen molar-refractivity contribution >= 4 is 17.9 Å². The van der Waals surface area contributed by atoms with Gasteiger partial charge in [-0.05, 0) is 34.1 Å². The Labute approximate surface area is 117 Å². The number of ether oxygens (including phenoxy) is 1. The van der Waals surface area contributed by atoms with E-state index >= 15 is 0 Å². The Bertz CT molecular complexity index is 471. The largest absolute Gasteiger partial charge is 0.478 e. The van der Waals surface area contributed by atoms with Gasteiger partial charge < -0.3 is 15.2 Å². The molecular weight excluding hydrogens is 264 g/mol. The third-order valence-corrected chi connectivity index (χ3v) is 3.74. The number of carboxylic acid groups (broad SMARTS) is 1. The first-order valence-electron chi connectivity index (χ1n) is 6.33. The molecule has 0 aromatic heterocycles. The van der Waals surface area contributed by atoms with Gasteiger partial charge in [-0.15, -0.1) is 0 Å². The van der Waals surface area contributed by atoms with E-state index in [1.165, 1.54) is 13.8 Å². The molecule has 1 fully saturated rings. The fraction of sp³-hybridized carbons (Fsp3) is 0.615. The summed E-state index contributed by atoms with van der Waals surface area (Å²) in [6.45, 7) is 6.89. The lowest BCUT2D eigenvalue weighted by atomic mass is 9.95. The number of hydrogen-bond acceptors (Lipinski definition) is 4. The number of carbonyl (C=O) groups excluding carboxylic acids is 2. The number of hydrogen-bond donors (Lipinski definition) is 3. The molecular formula is C13H20N2O5. The average Bonchev–Trinajstić information content (AvgIpc) is 2.66. The number of rotatable bonds is 3. The molecule has 3 N–H and O–H groups in total. The maximum Gasteiger partial charge on any atom is 0.331 e. The molecule has 1 aliphatic rings. The average molecular weight is 284 g/mol. The van der Waals surface area contributed by atoms with Crippen molar-refractivity contribution in [3.63, 3.8) is 0 Å². The standard InChI is InChI=1S/C13H20N2O5/c1-7(8(2)11(17)18)10(16)14-12(19)15-13(4)5-6-20-9(13)3/h9H,5-6H2,1-4H3,(H,17,18)(H2,14,15,16,19). The molecule has 20 heavy (non-hydrogen) atoms. The molecule has 1 saturated heterocycles. The number of nitrogens with one attached hydrogen (secondary N) is 2. The second-order valence-corrected chi connectivity index (χ2v) is 5.14. The van der Waals surface area contributed by atoms with Crippen LogP contribution in [0.2, 0.25) is 0 Å². The molecule has 7 nitrogen and oxygen atoms in total. The topological polar surface area (TPSA) is 105 Å². The van der Waals surface area contributed by atoms with E-state index in [-0.39, 0.29) is 17.3 Å². The van der Waals surface area contributed by atoms with Gasteiger partial charge in [0.2, 0.25) is 0 Å². The van der Waals surface area contributed by atoms with Crippen molar-refractivity contribution in [3.05, 3.63) is 11.1 Å². The molecule has 0 bridgehead atoms. The van der Waals surface area contributed by atoms with E-state index in [9.17, 15) is 14.4 Å². The van der Waals surface area contributed by atoms with Gasteiger partial charge >= 0.3 is 12.0 Å². The molecule has 1 rings (SSSR count). The normalized spacial score (nSPS) is 26.7. The highest BCUT2D eigenvalue weighted by atomic mass is 16.5. The van der Waals surface area contributed by atoms with E-state index in [0.717, 1.165) is 0 Å². The quantitative estimate of drug-likeness (QED) is 0.665. The number of urea groups is 1. The fourth-order valence-corrected chi connectivity index (χ4v) is 1.82. The zero-order chi connectivity index (χ0) is 15.5. The summed E-state index contributed by atoms with van der Waals surface area (Å²) >= 11 is 0. The zero-order valence-corrected chi connectivity index (χ0v) is 12.1. The van der Waals surface area contributed by atoms with Gasteiger partial charge in [-0.3, -0.25) is 10.1 Å². The zero-order valence-electron chi connectivity index (χ0n) is 12.1.